The molecule has 0 aliphatic carbocycles. The van der Waals surface area contributed by atoms with Crippen LogP contribution in [0.1, 0.15) is 33.1 Å². The Bertz CT molecular complexity index is 371. The van der Waals surface area contributed by atoms with Crippen LogP contribution in [0, 0.1) is 0 Å². The number of nitrogens with one attached hydrogen (secondary N) is 2. The summed E-state index contributed by atoms with van der Waals surface area (Å²) >= 11 is 0. The number of hydrogen-bond donors (Lipinski definition) is 2. The molecule has 1 fully saturated rings. The molecule has 1 aliphatic heterocycles. The molecule has 1 saturated heterocycles. The fraction of sp³-hybridized carbons (Fsp3) is 0.769. The van der Waals surface area contributed by atoms with E-state index in [-0.39, 0.29) is 18.6 Å². The number of rotatable bonds is 4. The number of ether oxygens (including phenoxy) is 1. The second-order valence-corrected chi connectivity index (χ2v) is 5.18. The molecule has 0 radical (unpaired) electrons. The van der Waals surface area contributed by atoms with Gasteiger partial charge in [0.1, 0.15) is 6.04 Å². The van der Waals surface area contributed by atoms with Crippen LogP contribution in [-0.4, -0.2) is 55.1 Å². The van der Waals surface area contributed by atoms with Crippen LogP contribution in [-0.2, 0) is 14.3 Å². The number of amides is 3. The normalized spacial score (nSPS) is 19.5. The van der Waals surface area contributed by atoms with E-state index in [2.05, 4.69) is 10.6 Å². The van der Waals surface area contributed by atoms with Gasteiger partial charge in [-0.1, -0.05) is 6.42 Å². The molecular weight excluding hydrogens is 262 g/mol. The van der Waals surface area contributed by atoms with Crippen molar-refractivity contribution in [3.05, 3.63) is 0 Å². The van der Waals surface area contributed by atoms with E-state index in [9.17, 15) is 14.4 Å². The number of carbonyl (C=O) groups excluding carboxylic acids is 3. The van der Waals surface area contributed by atoms with Crippen molar-refractivity contribution in [2.45, 2.75) is 45.2 Å². The predicted molar refractivity (Wildman–Crippen MR) is 73.0 cm³/mol. The van der Waals surface area contributed by atoms with Gasteiger partial charge in [0.15, 0.2) is 0 Å². The molecule has 1 aliphatic rings. The van der Waals surface area contributed by atoms with Crippen molar-refractivity contribution < 1.29 is 19.1 Å². The molecule has 3 amide bonds. The van der Waals surface area contributed by atoms with Crippen LogP contribution in [0.5, 0.6) is 0 Å². The molecule has 2 N–H and O–H groups in total. The van der Waals surface area contributed by atoms with Crippen molar-refractivity contribution in [1.82, 2.24) is 15.5 Å². The zero-order chi connectivity index (χ0) is 15.1. The summed E-state index contributed by atoms with van der Waals surface area (Å²) in [5.41, 5.74) is 0. The van der Waals surface area contributed by atoms with Gasteiger partial charge >= 0.3 is 12.0 Å². The number of likely N-dealkylation sites (tertiary alicyclic amines) is 1. The Balaban J connectivity index is 2.50. The van der Waals surface area contributed by atoms with Gasteiger partial charge in [-0.15, -0.1) is 0 Å². The SMILES string of the molecule is COC(=O)[C@H]1CCCCN1CC(=O)NC(=O)NC(C)C. The minimum absolute atomic E-state index is 0.0191. The van der Waals surface area contributed by atoms with E-state index in [1.165, 1.54) is 7.11 Å². The molecule has 1 atom stereocenters. The summed E-state index contributed by atoms with van der Waals surface area (Å²) in [6, 6.07) is -0.954. The minimum atomic E-state index is -0.517. The standard InChI is InChI=1S/C13H23N3O4/c1-9(2)14-13(19)15-11(17)8-16-7-5-4-6-10(16)12(18)20-3/h9-10H,4-8H2,1-3H3,(H2,14,15,17,19)/t10-/m1/s1. The lowest BCUT2D eigenvalue weighted by atomic mass is 10.0. The topological polar surface area (TPSA) is 87.7 Å². The van der Waals surface area contributed by atoms with Crippen LogP contribution in [0.2, 0.25) is 0 Å². The lowest BCUT2D eigenvalue weighted by Gasteiger charge is -2.32. The van der Waals surface area contributed by atoms with E-state index < -0.39 is 18.0 Å². The number of carbonyl (C=O) groups is 3. The maximum atomic E-state index is 11.8. The molecule has 0 aromatic heterocycles. The van der Waals surface area contributed by atoms with E-state index in [1.54, 1.807) is 4.90 Å². The number of hydrogen-bond acceptors (Lipinski definition) is 5. The van der Waals surface area contributed by atoms with Gasteiger partial charge in [0.05, 0.1) is 13.7 Å². The molecule has 0 unspecified atom stereocenters. The van der Waals surface area contributed by atoms with Gasteiger partial charge in [-0.3, -0.25) is 19.8 Å². The van der Waals surface area contributed by atoms with E-state index >= 15 is 0 Å². The molecule has 114 valence electrons. The number of urea groups is 1. The third-order valence-electron chi connectivity index (χ3n) is 3.11. The first-order chi connectivity index (χ1) is 9.43. The molecule has 20 heavy (non-hydrogen) atoms. The Morgan fingerprint density at radius 1 is 1.30 bits per heavy atom. The van der Waals surface area contributed by atoms with Crippen LogP contribution < -0.4 is 10.6 Å². The maximum Gasteiger partial charge on any atom is 0.323 e. The first kappa shape index (κ1) is 16.4. The summed E-state index contributed by atoms with van der Waals surface area (Å²) in [4.78, 5) is 36.6. The highest BCUT2D eigenvalue weighted by molar-refractivity contribution is 5.95. The van der Waals surface area contributed by atoms with Crippen LogP contribution in [0.3, 0.4) is 0 Å². The van der Waals surface area contributed by atoms with Gasteiger partial charge in [0.25, 0.3) is 0 Å². The lowest BCUT2D eigenvalue weighted by Crippen LogP contribution is -2.51. The average molecular weight is 285 g/mol. The third-order valence-corrected chi connectivity index (χ3v) is 3.11. The highest BCUT2D eigenvalue weighted by atomic mass is 16.5. The van der Waals surface area contributed by atoms with Crippen LogP contribution >= 0.6 is 0 Å². The first-order valence-corrected chi connectivity index (χ1v) is 6.86. The van der Waals surface area contributed by atoms with Crippen LogP contribution in [0.25, 0.3) is 0 Å². The molecule has 0 bridgehead atoms. The third kappa shape index (κ3) is 5.16. The Kier molecular flexibility index (Phi) is 6.44. The molecule has 1 heterocycles. The summed E-state index contributed by atoms with van der Waals surface area (Å²) in [5, 5.41) is 4.83. The predicted octanol–water partition coefficient (Wildman–Crippen LogP) is 0.248. The van der Waals surface area contributed by atoms with Gasteiger partial charge < -0.3 is 10.1 Å². The maximum absolute atomic E-state index is 11.8. The Hall–Kier alpha value is -1.63. The number of esters is 1. The Morgan fingerprint density at radius 2 is 2.00 bits per heavy atom. The summed E-state index contributed by atoms with van der Waals surface area (Å²) in [7, 11) is 1.34. The molecule has 1 rings (SSSR count). The van der Waals surface area contributed by atoms with Crippen molar-refractivity contribution >= 4 is 17.9 Å². The van der Waals surface area contributed by atoms with E-state index in [4.69, 9.17) is 4.74 Å². The number of nitrogens with zero attached hydrogens (tertiary/aromatic N) is 1. The van der Waals surface area contributed by atoms with Crippen LogP contribution in [0.15, 0.2) is 0 Å². The van der Waals surface area contributed by atoms with E-state index in [1.807, 2.05) is 13.8 Å². The van der Waals surface area contributed by atoms with Crippen molar-refractivity contribution in [1.29, 1.82) is 0 Å². The number of imide groups is 1. The largest absolute Gasteiger partial charge is 0.468 e. The van der Waals surface area contributed by atoms with Crippen molar-refractivity contribution in [3.63, 3.8) is 0 Å². The fourth-order valence-corrected chi connectivity index (χ4v) is 2.23. The van der Waals surface area contributed by atoms with Crippen molar-refractivity contribution in [2.75, 3.05) is 20.2 Å². The summed E-state index contributed by atoms with van der Waals surface area (Å²) in [6.45, 7) is 4.29. The average Bonchev–Trinajstić information content (AvgIpc) is 2.37. The van der Waals surface area contributed by atoms with Gasteiger partial charge in [0.2, 0.25) is 5.91 Å². The Morgan fingerprint density at radius 3 is 2.60 bits per heavy atom. The van der Waals surface area contributed by atoms with Crippen LogP contribution in [0.4, 0.5) is 4.79 Å². The first-order valence-electron chi connectivity index (χ1n) is 6.86. The zero-order valence-corrected chi connectivity index (χ0v) is 12.3. The zero-order valence-electron chi connectivity index (χ0n) is 12.3. The summed E-state index contributed by atoms with van der Waals surface area (Å²) in [5.74, 6) is -0.747. The van der Waals surface area contributed by atoms with Gasteiger partial charge in [-0.05, 0) is 33.2 Å². The smallest absolute Gasteiger partial charge is 0.323 e. The lowest BCUT2D eigenvalue weighted by molar-refractivity contribution is -0.148. The van der Waals surface area contributed by atoms with Crippen molar-refractivity contribution in [3.8, 4) is 0 Å². The molecule has 0 aromatic carbocycles. The van der Waals surface area contributed by atoms with Gasteiger partial charge in [-0.25, -0.2) is 4.79 Å². The quantitative estimate of drug-likeness (QED) is 0.723. The summed E-state index contributed by atoms with van der Waals surface area (Å²) in [6.07, 6.45) is 2.54. The monoisotopic (exact) mass is 285 g/mol. The second kappa shape index (κ2) is 7.84. The van der Waals surface area contributed by atoms with Gasteiger partial charge in [0, 0.05) is 6.04 Å². The molecule has 7 heteroatoms. The molecular formula is C13H23N3O4. The number of methoxy groups -OCH3 is 1. The molecule has 0 spiro atoms. The van der Waals surface area contributed by atoms with E-state index in [0.29, 0.717) is 13.0 Å². The highest BCUT2D eigenvalue weighted by Gasteiger charge is 2.30. The fourth-order valence-electron chi connectivity index (χ4n) is 2.23. The van der Waals surface area contributed by atoms with E-state index in [0.717, 1.165) is 12.8 Å². The van der Waals surface area contributed by atoms with Gasteiger partial charge in [-0.2, -0.15) is 0 Å². The Labute approximate surface area is 119 Å². The summed E-state index contributed by atoms with van der Waals surface area (Å²) < 4.78 is 4.74. The van der Waals surface area contributed by atoms with Crippen molar-refractivity contribution in [2.24, 2.45) is 0 Å². The minimum Gasteiger partial charge on any atom is -0.468 e. The highest BCUT2D eigenvalue weighted by Crippen LogP contribution is 2.17. The molecule has 7 nitrogen and oxygen atoms in total. The molecule has 0 saturated carbocycles. The molecule has 0 aromatic rings. The number of piperidine rings is 1. The second-order valence-electron chi connectivity index (χ2n) is 5.18.